The fourth-order valence-corrected chi connectivity index (χ4v) is 1.01. The number of aliphatic hydroxyl groups is 1. The van der Waals surface area contributed by atoms with Gasteiger partial charge in [-0.2, -0.15) is 0 Å². The lowest BCUT2D eigenvalue weighted by molar-refractivity contribution is -0.133. The summed E-state index contributed by atoms with van der Waals surface area (Å²) < 4.78 is 0. The van der Waals surface area contributed by atoms with Crippen LogP contribution in [0.25, 0.3) is 0 Å². The minimum absolute atomic E-state index is 0.0873. The molecular weight excluding hydrogens is 196 g/mol. The van der Waals surface area contributed by atoms with Gasteiger partial charge in [-0.25, -0.2) is 0 Å². The van der Waals surface area contributed by atoms with Gasteiger partial charge in [-0.1, -0.05) is 0 Å². The first-order valence-corrected chi connectivity index (χ1v) is 5.10. The summed E-state index contributed by atoms with van der Waals surface area (Å²) >= 11 is 0. The van der Waals surface area contributed by atoms with Crippen molar-refractivity contribution < 1.29 is 14.7 Å². The molecule has 0 aromatic heterocycles. The van der Waals surface area contributed by atoms with E-state index in [0.29, 0.717) is 13.0 Å². The first kappa shape index (κ1) is 13.9. The fraction of sp³-hybridized carbons (Fsp3) is 0.800. The van der Waals surface area contributed by atoms with Crippen molar-refractivity contribution >= 4 is 11.8 Å². The van der Waals surface area contributed by atoms with Crippen molar-refractivity contribution in [2.75, 3.05) is 20.1 Å². The van der Waals surface area contributed by atoms with Crippen molar-refractivity contribution in [3.05, 3.63) is 0 Å². The highest BCUT2D eigenvalue weighted by Crippen LogP contribution is 1.93. The third-order valence-corrected chi connectivity index (χ3v) is 2.04. The summed E-state index contributed by atoms with van der Waals surface area (Å²) in [6.45, 7) is 3.76. The Balaban J connectivity index is 3.54. The molecule has 15 heavy (non-hydrogen) atoms. The zero-order valence-electron chi connectivity index (χ0n) is 9.62. The van der Waals surface area contributed by atoms with Crippen LogP contribution in [-0.4, -0.2) is 48.1 Å². The van der Waals surface area contributed by atoms with Crippen molar-refractivity contribution in [2.45, 2.75) is 32.8 Å². The van der Waals surface area contributed by atoms with Gasteiger partial charge in [-0.3, -0.25) is 9.59 Å². The number of carbonyl (C=O) groups excluding carboxylic acids is 2. The van der Waals surface area contributed by atoms with Crippen LogP contribution in [0.3, 0.4) is 0 Å². The second kappa shape index (κ2) is 7.23. The molecule has 0 fully saturated rings. The Hall–Kier alpha value is -1.10. The zero-order valence-corrected chi connectivity index (χ0v) is 9.62. The number of hydrogen-bond donors (Lipinski definition) is 2. The lowest BCUT2D eigenvalue weighted by atomic mass is 10.2. The molecule has 0 aromatic carbocycles. The molecule has 5 heteroatoms. The monoisotopic (exact) mass is 216 g/mol. The summed E-state index contributed by atoms with van der Waals surface area (Å²) in [7, 11) is 1.58. The average Bonchev–Trinajstić information content (AvgIpc) is 2.12. The molecule has 0 saturated carbocycles. The van der Waals surface area contributed by atoms with Gasteiger partial charge in [0.15, 0.2) is 0 Å². The van der Waals surface area contributed by atoms with Crippen LogP contribution in [0, 0.1) is 0 Å². The molecule has 0 aliphatic rings. The number of carbonyl (C=O) groups is 2. The Morgan fingerprint density at radius 2 is 2.07 bits per heavy atom. The predicted molar refractivity (Wildman–Crippen MR) is 57.2 cm³/mol. The van der Waals surface area contributed by atoms with Gasteiger partial charge in [0.25, 0.3) is 0 Å². The van der Waals surface area contributed by atoms with Crippen LogP contribution in [0.4, 0.5) is 0 Å². The van der Waals surface area contributed by atoms with Gasteiger partial charge in [-0.15, -0.1) is 0 Å². The summed E-state index contributed by atoms with van der Waals surface area (Å²) in [6.07, 6.45) is 1.08. The Kier molecular flexibility index (Phi) is 6.70. The van der Waals surface area contributed by atoms with Gasteiger partial charge in [0.05, 0.1) is 12.6 Å². The zero-order chi connectivity index (χ0) is 11.8. The minimum Gasteiger partial charge on any atom is -0.393 e. The van der Waals surface area contributed by atoms with Gasteiger partial charge in [0.2, 0.25) is 11.8 Å². The van der Waals surface area contributed by atoms with Gasteiger partial charge in [0.1, 0.15) is 0 Å². The molecule has 88 valence electrons. The first-order valence-electron chi connectivity index (χ1n) is 5.10. The highest BCUT2D eigenvalue weighted by molar-refractivity contribution is 5.83. The van der Waals surface area contributed by atoms with E-state index in [1.807, 2.05) is 0 Å². The highest BCUT2D eigenvalue weighted by atomic mass is 16.3. The molecule has 0 spiro atoms. The van der Waals surface area contributed by atoms with E-state index in [2.05, 4.69) is 5.32 Å². The summed E-state index contributed by atoms with van der Waals surface area (Å²) in [5, 5.41) is 11.7. The quantitative estimate of drug-likeness (QED) is 0.601. The Labute approximate surface area is 90.5 Å². The van der Waals surface area contributed by atoms with Crippen LogP contribution in [0.1, 0.15) is 26.7 Å². The maximum atomic E-state index is 11.2. The molecule has 0 aliphatic heterocycles. The van der Waals surface area contributed by atoms with E-state index in [9.17, 15) is 9.59 Å². The predicted octanol–water partition coefficient (Wildman–Crippen LogP) is -0.258. The van der Waals surface area contributed by atoms with Crippen molar-refractivity contribution in [3.8, 4) is 0 Å². The van der Waals surface area contributed by atoms with E-state index >= 15 is 0 Å². The van der Waals surface area contributed by atoms with Crippen LogP contribution < -0.4 is 5.32 Å². The fourth-order valence-electron chi connectivity index (χ4n) is 1.01. The van der Waals surface area contributed by atoms with E-state index in [-0.39, 0.29) is 24.5 Å². The standard InChI is InChI=1S/C10H20N2O3/c1-8(13)5-4-6-11-10(15)7-12(3)9(2)14/h8,13H,4-7H2,1-3H3,(H,11,15). The molecule has 5 nitrogen and oxygen atoms in total. The molecular formula is C10H20N2O3. The average molecular weight is 216 g/mol. The van der Waals surface area contributed by atoms with E-state index in [0.717, 1.165) is 6.42 Å². The lowest BCUT2D eigenvalue weighted by Crippen LogP contribution is -2.37. The van der Waals surface area contributed by atoms with Crippen molar-refractivity contribution in [1.29, 1.82) is 0 Å². The summed E-state index contributed by atoms with van der Waals surface area (Å²) in [4.78, 5) is 23.4. The van der Waals surface area contributed by atoms with Gasteiger partial charge < -0.3 is 15.3 Å². The number of likely N-dealkylation sites (N-methyl/N-ethyl adjacent to an activating group) is 1. The summed E-state index contributed by atoms with van der Waals surface area (Å²) in [5.41, 5.74) is 0. The van der Waals surface area contributed by atoms with Crippen LogP contribution in [-0.2, 0) is 9.59 Å². The third kappa shape index (κ3) is 7.93. The normalized spacial score (nSPS) is 12.0. The second-order valence-corrected chi connectivity index (χ2v) is 3.72. The Morgan fingerprint density at radius 3 is 2.53 bits per heavy atom. The van der Waals surface area contributed by atoms with Gasteiger partial charge in [0, 0.05) is 20.5 Å². The molecule has 0 heterocycles. The van der Waals surface area contributed by atoms with Crippen molar-refractivity contribution in [3.63, 3.8) is 0 Å². The van der Waals surface area contributed by atoms with E-state index in [4.69, 9.17) is 5.11 Å². The molecule has 2 N–H and O–H groups in total. The van der Waals surface area contributed by atoms with Crippen LogP contribution in [0.5, 0.6) is 0 Å². The molecule has 2 amide bonds. The summed E-state index contributed by atoms with van der Waals surface area (Å²) in [6, 6.07) is 0. The number of amides is 2. The number of hydrogen-bond acceptors (Lipinski definition) is 3. The Morgan fingerprint density at radius 1 is 1.47 bits per heavy atom. The third-order valence-electron chi connectivity index (χ3n) is 2.04. The molecule has 1 atom stereocenters. The van der Waals surface area contributed by atoms with E-state index in [1.165, 1.54) is 11.8 Å². The SMILES string of the molecule is CC(=O)N(C)CC(=O)NCCCC(C)O. The van der Waals surface area contributed by atoms with E-state index in [1.54, 1.807) is 14.0 Å². The van der Waals surface area contributed by atoms with E-state index < -0.39 is 0 Å². The maximum Gasteiger partial charge on any atom is 0.239 e. The topological polar surface area (TPSA) is 69.6 Å². The molecule has 0 radical (unpaired) electrons. The van der Waals surface area contributed by atoms with Crippen molar-refractivity contribution in [2.24, 2.45) is 0 Å². The smallest absolute Gasteiger partial charge is 0.239 e. The molecule has 0 rings (SSSR count). The van der Waals surface area contributed by atoms with Crippen molar-refractivity contribution in [1.82, 2.24) is 10.2 Å². The molecule has 0 bridgehead atoms. The molecule has 1 unspecified atom stereocenters. The molecule has 0 saturated heterocycles. The summed E-state index contributed by atoms with van der Waals surface area (Å²) in [5.74, 6) is -0.299. The number of nitrogens with one attached hydrogen (secondary N) is 1. The number of rotatable bonds is 6. The highest BCUT2D eigenvalue weighted by Gasteiger charge is 2.07. The first-order chi connectivity index (χ1) is 6.93. The molecule has 0 aromatic rings. The van der Waals surface area contributed by atoms with Crippen LogP contribution in [0.15, 0.2) is 0 Å². The number of nitrogens with zero attached hydrogens (tertiary/aromatic N) is 1. The number of aliphatic hydroxyl groups excluding tert-OH is 1. The van der Waals surface area contributed by atoms with Gasteiger partial charge >= 0.3 is 0 Å². The maximum absolute atomic E-state index is 11.2. The Bertz CT molecular complexity index is 217. The second-order valence-electron chi connectivity index (χ2n) is 3.72. The van der Waals surface area contributed by atoms with Crippen LogP contribution >= 0.6 is 0 Å². The lowest BCUT2D eigenvalue weighted by Gasteiger charge is -2.14. The largest absolute Gasteiger partial charge is 0.393 e. The minimum atomic E-state index is -0.332. The van der Waals surface area contributed by atoms with Gasteiger partial charge in [-0.05, 0) is 19.8 Å². The molecule has 0 aliphatic carbocycles. The van der Waals surface area contributed by atoms with Crippen LogP contribution in [0.2, 0.25) is 0 Å².